The van der Waals surface area contributed by atoms with Crippen molar-refractivity contribution >= 4 is 41.2 Å². The van der Waals surface area contributed by atoms with Gasteiger partial charge >= 0.3 is 18.0 Å². The number of carbonyl (C=O) groups excluding carboxylic acids is 4. The number of carbonyl (C=O) groups is 5. The largest absolute Gasteiger partial charge is 0.493 e. The van der Waals surface area contributed by atoms with Gasteiger partial charge in [-0.05, 0) is 61.4 Å². The van der Waals surface area contributed by atoms with Gasteiger partial charge in [0.25, 0.3) is 5.91 Å². The molecule has 1 saturated heterocycles. The Morgan fingerprint density at radius 3 is 2.30 bits per heavy atom. The van der Waals surface area contributed by atoms with Crippen molar-refractivity contribution in [1.29, 1.82) is 0 Å². The molecule has 1 fully saturated rings. The highest BCUT2D eigenvalue weighted by Crippen LogP contribution is 2.42. The lowest BCUT2D eigenvalue weighted by Crippen LogP contribution is -2.33. The summed E-state index contributed by atoms with van der Waals surface area (Å²) in [6.45, 7) is 11.7. The number of esters is 1. The van der Waals surface area contributed by atoms with Crippen LogP contribution in [0.15, 0.2) is 29.3 Å². The van der Waals surface area contributed by atoms with E-state index >= 15 is 0 Å². The van der Waals surface area contributed by atoms with E-state index in [0.29, 0.717) is 46.0 Å². The molecule has 2 heterocycles. The molecular formula is C36H46N4O10. The number of fused-ring (bicyclic) bond motifs is 1. The van der Waals surface area contributed by atoms with Gasteiger partial charge < -0.3 is 39.2 Å². The first-order chi connectivity index (χ1) is 23.7. The molecule has 1 unspecified atom stereocenters. The summed E-state index contributed by atoms with van der Waals surface area (Å²) >= 11 is 0. The summed E-state index contributed by atoms with van der Waals surface area (Å²) < 4.78 is 21.7. The van der Waals surface area contributed by atoms with Gasteiger partial charge in [-0.15, -0.1) is 0 Å². The van der Waals surface area contributed by atoms with Gasteiger partial charge in [-0.3, -0.25) is 14.4 Å². The van der Waals surface area contributed by atoms with E-state index in [-0.39, 0.29) is 36.7 Å². The van der Waals surface area contributed by atoms with Crippen LogP contribution in [0.1, 0.15) is 98.2 Å². The van der Waals surface area contributed by atoms with Crippen LogP contribution in [0.25, 0.3) is 0 Å². The molecule has 0 bridgehead atoms. The normalized spacial score (nSPS) is 15.4. The molecule has 14 heteroatoms. The van der Waals surface area contributed by atoms with Crippen LogP contribution in [0, 0.1) is 0 Å². The third-order valence-electron chi connectivity index (χ3n) is 8.41. The predicted octanol–water partition coefficient (Wildman–Crippen LogP) is 4.69. The molecule has 2 N–H and O–H groups in total. The number of carboxylic acids is 1. The average molecular weight is 695 g/mol. The number of anilines is 1. The van der Waals surface area contributed by atoms with E-state index in [0.717, 1.165) is 25.9 Å². The zero-order chi connectivity index (χ0) is 36.7. The predicted molar refractivity (Wildman–Crippen MR) is 184 cm³/mol. The molecule has 2 aliphatic rings. The Bertz CT molecular complexity index is 1670. The maximum Gasteiger partial charge on any atom is 0.438 e. The Balaban J connectivity index is 1.79. The van der Waals surface area contributed by atoms with E-state index in [9.17, 15) is 29.1 Å². The number of carboxylic acid groups (broad SMARTS) is 1. The molecule has 0 aromatic heterocycles. The van der Waals surface area contributed by atoms with Crippen LogP contribution in [-0.4, -0.2) is 91.8 Å². The van der Waals surface area contributed by atoms with Crippen LogP contribution >= 0.6 is 0 Å². The van der Waals surface area contributed by atoms with E-state index in [1.54, 1.807) is 43.0 Å². The Labute approximate surface area is 291 Å². The van der Waals surface area contributed by atoms with Crippen molar-refractivity contribution in [3.8, 4) is 11.5 Å². The number of Topliss-reactive ketones (excluding diaryl/α,β-unsaturated/α-hetero) is 1. The molecule has 14 nitrogen and oxygen atoms in total. The van der Waals surface area contributed by atoms with Gasteiger partial charge in [0.15, 0.2) is 11.9 Å². The Morgan fingerprint density at radius 1 is 1.02 bits per heavy atom. The molecular weight excluding hydrogens is 648 g/mol. The minimum absolute atomic E-state index is 0.0948. The summed E-state index contributed by atoms with van der Waals surface area (Å²) in [4.78, 5) is 70.9. The first-order valence-electron chi connectivity index (χ1n) is 16.7. The second kappa shape index (κ2) is 16.0. The number of rotatable bonds is 13. The van der Waals surface area contributed by atoms with Gasteiger partial charge in [-0.2, -0.15) is 4.99 Å². The number of aliphatic carboxylic acids is 1. The van der Waals surface area contributed by atoms with Crippen LogP contribution in [0.5, 0.6) is 11.5 Å². The second-order valence-corrected chi connectivity index (χ2v) is 13.1. The fraction of sp³-hybridized carbons (Fsp3) is 0.500. The second-order valence-electron chi connectivity index (χ2n) is 13.1. The van der Waals surface area contributed by atoms with E-state index in [2.05, 4.69) is 15.2 Å². The standard InChI is InChI=1S/C36H46N4O10/c1-8-29(34(44)45)50-31-26(36(4,5)6)14-22(15-27(31)39-12-10-11-13-39)28(42)19-40-18-23-16-30(47-9-2)25(33(43)37-7)17-24(23)32(40)38-35(46)49-20-48-21(3)41/h14-17,29H,8-13,18-20H2,1-7H3,(H,37,43)(H,44,45). The van der Waals surface area contributed by atoms with Gasteiger partial charge in [-0.25, -0.2) is 9.59 Å². The van der Waals surface area contributed by atoms with Crippen molar-refractivity contribution < 1.29 is 48.0 Å². The molecule has 2 aromatic rings. The van der Waals surface area contributed by atoms with Gasteiger partial charge in [0.1, 0.15) is 17.3 Å². The lowest BCUT2D eigenvalue weighted by atomic mass is 9.84. The summed E-state index contributed by atoms with van der Waals surface area (Å²) in [5.41, 5.74) is 2.51. The minimum Gasteiger partial charge on any atom is -0.493 e. The summed E-state index contributed by atoms with van der Waals surface area (Å²) in [6.07, 6.45) is 0.0214. The number of nitrogens with zero attached hydrogens (tertiary/aromatic N) is 3. The van der Waals surface area contributed by atoms with Gasteiger partial charge in [-0.1, -0.05) is 27.7 Å². The number of amidine groups is 1. The van der Waals surface area contributed by atoms with Crippen molar-refractivity contribution in [2.75, 3.05) is 45.0 Å². The number of aliphatic imine (C=N–C) groups is 1. The number of ketones is 1. The van der Waals surface area contributed by atoms with Gasteiger partial charge in [0, 0.05) is 50.3 Å². The van der Waals surface area contributed by atoms with E-state index in [1.807, 2.05) is 20.8 Å². The van der Waals surface area contributed by atoms with Crippen molar-refractivity contribution in [1.82, 2.24) is 10.2 Å². The average Bonchev–Trinajstić information content (AvgIpc) is 3.70. The highest BCUT2D eigenvalue weighted by Gasteiger charge is 2.34. The van der Waals surface area contributed by atoms with Gasteiger partial charge in [0.2, 0.25) is 6.79 Å². The van der Waals surface area contributed by atoms with Crippen molar-refractivity contribution in [2.45, 2.75) is 78.9 Å². The Morgan fingerprint density at radius 2 is 1.72 bits per heavy atom. The lowest BCUT2D eigenvalue weighted by molar-refractivity contribution is -0.149. The molecule has 0 saturated carbocycles. The number of hydrogen-bond acceptors (Lipinski definition) is 10. The Kier molecular flexibility index (Phi) is 12.1. The number of hydrogen-bond donors (Lipinski definition) is 2. The molecule has 50 heavy (non-hydrogen) atoms. The van der Waals surface area contributed by atoms with Gasteiger partial charge in [0.05, 0.1) is 24.4 Å². The SMILES string of the molecule is CCOc1cc2c(cc1C(=O)NC)C(=NC(=O)OCOC(C)=O)N(CC(=O)c1cc(N3CCCC3)c(OC(CC)C(=O)O)c(C(C)(C)C)c1)C2. The topological polar surface area (TPSA) is 173 Å². The third-order valence-corrected chi connectivity index (χ3v) is 8.41. The number of benzene rings is 2. The number of nitrogens with one attached hydrogen (secondary N) is 1. The van der Waals surface area contributed by atoms with Crippen LogP contribution in [0.3, 0.4) is 0 Å². The zero-order valence-corrected chi connectivity index (χ0v) is 29.7. The molecule has 0 aliphatic carbocycles. The molecule has 2 aromatic carbocycles. The zero-order valence-electron chi connectivity index (χ0n) is 29.7. The number of amides is 2. The summed E-state index contributed by atoms with van der Waals surface area (Å²) in [5.74, 6) is -1.55. The lowest BCUT2D eigenvalue weighted by Gasteiger charge is -2.31. The first kappa shape index (κ1) is 37.7. The maximum atomic E-state index is 14.3. The van der Waals surface area contributed by atoms with Crippen molar-refractivity contribution in [3.05, 3.63) is 52.1 Å². The summed E-state index contributed by atoms with van der Waals surface area (Å²) in [6, 6.07) is 6.74. The molecule has 2 aliphatic heterocycles. The van der Waals surface area contributed by atoms with Crippen molar-refractivity contribution in [2.24, 2.45) is 4.99 Å². The third kappa shape index (κ3) is 8.71. The fourth-order valence-electron chi connectivity index (χ4n) is 5.91. The highest BCUT2D eigenvalue weighted by atomic mass is 16.7. The summed E-state index contributed by atoms with van der Waals surface area (Å²) in [7, 11) is 1.49. The van der Waals surface area contributed by atoms with Crippen molar-refractivity contribution in [3.63, 3.8) is 0 Å². The highest BCUT2D eigenvalue weighted by molar-refractivity contribution is 6.11. The monoisotopic (exact) mass is 694 g/mol. The van der Waals surface area contributed by atoms with Crippen LogP contribution in [-0.2, 0) is 31.0 Å². The van der Waals surface area contributed by atoms with Crippen LogP contribution in [0.2, 0.25) is 0 Å². The first-order valence-corrected chi connectivity index (χ1v) is 16.7. The van der Waals surface area contributed by atoms with E-state index in [4.69, 9.17) is 18.9 Å². The van der Waals surface area contributed by atoms with Crippen LogP contribution in [0.4, 0.5) is 10.5 Å². The Hall–Kier alpha value is -5.14. The number of ether oxygens (including phenoxy) is 4. The van der Waals surface area contributed by atoms with E-state index < -0.39 is 42.3 Å². The molecule has 2 amide bonds. The molecule has 1 atom stereocenters. The maximum absolute atomic E-state index is 14.3. The minimum atomic E-state index is -1.07. The smallest absolute Gasteiger partial charge is 0.438 e. The molecule has 0 spiro atoms. The molecule has 270 valence electrons. The quantitative estimate of drug-likeness (QED) is 0.169. The van der Waals surface area contributed by atoms with E-state index in [1.165, 1.54) is 14.0 Å². The van der Waals surface area contributed by atoms with Crippen LogP contribution < -0.4 is 19.7 Å². The molecule has 0 radical (unpaired) electrons. The fourth-order valence-corrected chi connectivity index (χ4v) is 5.91. The summed E-state index contributed by atoms with van der Waals surface area (Å²) in [5, 5.41) is 12.4. The molecule has 4 rings (SSSR count).